The van der Waals surface area contributed by atoms with E-state index < -0.39 is 10.0 Å². The van der Waals surface area contributed by atoms with E-state index in [0.29, 0.717) is 22.4 Å². The van der Waals surface area contributed by atoms with Gasteiger partial charge in [-0.25, -0.2) is 13.1 Å². The first-order valence-corrected chi connectivity index (χ1v) is 12.1. The van der Waals surface area contributed by atoms with Crippen LogP contribution < -0.4 is 10.0 Å². The van der Waals surface area contributed by atoms with E-state index in [9.17, 15) is 18.0 Å². The molecule has 4 aromatic rings. The number of Topliss-reactive ketones (excluding diaryl/α,β-unsaturated/α-hetero) is 1. The fraction of sp³-hybridized carbons (Fsp3) is 0.115. The second-order valence-corrected chi connectivity index (χ2v) is 9.65. The number of hydrogen-bond donors (Lipinski definition) is 2. The van der Waals surface area contributed by atoms with Gasteiger partial charge in [0.05, 0.1) is 16.1 Å². The van der Waals surface area contributed by atoms with Gasteiger partial charge in [0.2, 0.25) is 10.0 Å². The molecule has 0 aliphatic heterocycles. The number of sulfonamides is 1. The third-order valence-electron chi connectivity index (χ3n) is 5.47. The molecule has 0 radical (unpaired) electrons. The lowest BCUT2D eigenvalue weighted by atomic mass is 10.1. The van der Waals surface area contributed by atoms with Crippen LogP contribution in [0.1, 0.15) is 38.8 Å². The van der Waals surface area contributed by atoms with Crippen molar-refractivity contribution in [2.24, 2.45) is 0 Å². The zero-order valence-corrected chi connectivity index (χ0v) is 19.5. The quantitative estimate of drug-likeness (QED) is 0.385. The molecule has 0 atom stereocenters. The number of fused-ring (bicyclic) bond motifs is 1. The molecule has 0 saturated heterocycles. The summed E-state index contributed by atoms with van der Waals surface area (Å²) in [6.07, 6.45) is 1.72. The number of carbonyl (C=O) groups excluding carboxylic acids is 2. The molecular formula is C26H23N3O4S. The first kappa shape index (κ1) is 23.3. The number of ketones is 1. The van der Waals surface area contributed by atoms with Crippen molar-refractivity contribution in [2.75, 3.05) is 5.32 Å². The maximum Gasteiger partial charge on any atom is 0.255 e. The Hall–Kier alpha value is -3.88. The molecule has 1 aromatic heterocycles. The van der Waals surface area contributed by atoms with Gasteiger partial charge in [0.1, 0.15) is 0 Å². The zero-order valence-electron chi connectivity index (χ0n) is 18.7. The Morgan fingerprint density at radius 3 is 2.24 bits per heavy atom. The maximum absolute atomic E-state index is 12.8. The van der Waals surface area contributed by atoms with Gasteiger partial charge in [-0.05, 0) is 67.4 Å². The van der Waals surface area contributed by atoms with Crippen molar-refractivity contribution in [3.05, 3.63) is 101 Å². The minimum Gasteiger partial charge on any atom is -0.321 e. The Bertz CT molecular complexity index is 1480. The molecular weight excluding hydrogens is 450 g/mol. The first-order chi connectivity index (χ1) is 16.2. The van der Waals surface area contributed by atoms with Gasteiger partial charge in [-0.15, -0.1) is 0 Å². The molecule has 172 valence electrons. The fourth-order valence-corrected chi connectivity index (χ4v) is 4.54. The number of pyridine rings is 1. The number of anilines is 1. The number of carbonyl (C=O) groups is 2. The lowest BCUT2D eigenvalue weighted by Gasteiger charge is -2.11. The highest BCUT2D eigenvalue weighted by molar-refractivity contribution is 7.89. The largest absolute Gasteiger partial charge is 0.321 e. The maximum atomic E-state index is 12.8. The highest BCUT2D eigenvalue weighted by atomic mass is 32.2. The monoisotopic (exact) mass is 473 g/mol. The van der Waals surface area contributed by atoms with E-state index in [0.717, 1.165) is 16.5 Å². The van der Waals surface area contributed by atoms with E-state index in [4.69, 9.17) is 0 Å². The number of hydrogen-bond acceptors (Lipinski definition) is 5. The first-order valence-electron chi connectivity index (χ1n) is 10.6. The molecule has 1 amide bonds. The van der Waals surface area contributed by atoms with Gasteiger partial charge < -0.3 is 5.32 Å². The average Bonchev–Trinajstić information content (AvgIpc) is 2.85. The van der Waals surface area contributed by atoms with Crippen LogP contribution in [0.3, 0.4) is 0 Å². The van der Waals surface area contributed by atoms with E-state index in [2.05, 4.69) is 15.0 Å². The summed E-state index contributed by atoms with van der Waals surface area (Å²) in [4.78, 5) is 28.6. The van der Waals surface area contributed by atoms with E-state index in [1.165, 1.54) is 31.2 Å². The Labute approximate surface area is 197 Å². The Balaban J connectivity index is 1.43. The molecule has 1 heterocycles. The van der Waals surface area contributed by atoms with Crippen LogP contribution >= 0.6 is 0 Å². The summed E-state index contributed by atoms with van der Waals surface area (Å²) in [6.45, 7) is 3.45. The second-order valence-electron chi connectivity index (χ2n) is 7.89. The summed E-state index contributed by atoms with van der Waals surface area (Å²) in [6, 6.07) is 20.0. The van der Waals surface area contributed by atoms with Crippen LogP contribution in [0.25, 0.3) is 10.9 Å². The summed E-state index contributed by atoms with van der Waals surface area (Å²) in [5.74, 6) is -0.403. The van der Waals surface area contributed by atoms with Gasteiger partial charge in [-0.1, -0.05) is 30.3 Å². The van der Waals surface area contributed by atoms with Gasteiger partial charge in [0, 0.05) is 29.3 Å². The lowest BCUT2D eigenvalue weighted by molar-refractivity contribution is 0.101. The SMILES string of the molecule is CC(=O)c1ccc(S(=O)(=O)NCc2ccc(C(=O)Nc3ccc(C)c4ncccc34)cc2)cc1. The normalized spacial score (nSPS) is 11.4. The van der Waals surface area contributed by atoms with Gasteiger partial charge in [-0.2, -0.15) is 0 Å². The van der Waals surface area contributed by atoms with Crippen molar-refractivity contribution in [3.8, 4) is 0 Å². The van der Waals surface area contributed by atoms with Crippen molar-refractivity contribution in [1.29, 1.82) is 0 Å². The zero-order chi connectivity index (χ0) is 24.3. The fourth-order valence-electron chi connectivity index (χ4n) is 3.52. The summed E-state index contributed by atoms with van der Waals surface area (Å²) in [7, 11) is -3.74. The molecule has 3 aromatic carbocycles. The minimum atomic E-state index is -3.74. The van der Waals surface area contributed by atoms with E-state index in [-0.39, 0.29) is 23.1 Å². The number of aryl methyl sites for hydroxylation is 1. The predicted octanol–water partition coefficient (Wildman–Crippen LogP) is 4.48. The molecule has 8 heteroatoms. The van der Waals surface area contributed by atoms with Crippen LogP contribution in [-0.4, -0.2) is 25.1 Å². The lowest BCUT2D eigenvalue weighted by Crippen LogP contribution is -2.23. The number of amides is 1. The van der Waals surface area contributed by atoms with Crippen LogP contribution in [0, 0.1) is 6.92 Å². The smallest absolute Gasteiger partial charge is 0.255 e. The van der Waals surface area contributed by atoms with Crippen molar-refractivity contribution in [1.82, 2.24) is 9.71 Å². The highest BCUT2D eigenvalue weighted by Gasteiger charge is 2.15. The van der Waals surface area contributed by atoms with E-state index in [1.807, 2.05) is 31.2 Å². The second kappa shape index (κ2) is 9.54. The number of aromatic nitrogens is 1. The molecule has 0 spiro atoms. The highest BCUT2D eigenvalue weighted by Crippen LogP contribution is 2.25. The third-order valence-corrected chi connectivity index (χ3v) is 6.89. The summed E-state index contributed by atoms with van der Waals surface area (Å²) in [5, 5.41) is 3.78. The summed E-state index contributed by atoms with van der Waals surface area (Å²) >= 11 is 0. The van der Waals surface area contributed by atoms with Crippen LogP contribution in [0.2, 0.25) is 0 Å². The van der Waals surface area contributed by atoms with Gasteiger partial charge in [0.15, 0.2) is 5.78 Å². The molecule has 7 nitrogen and oxygen atoms in total. The predicted molar refractivity (Wildman–Crippen MR) is 131 cm³/mol. The standard InChI is InChI=1S/C26H23N3O4S/c1-17-5-14-24(23-4-3-15-27-25(17)23)29-26(31)21-8-6-19(7-9-21)16-28-34(32,33)22-12-10-20(11-13-22)18(2)30/h3-15,28H,16H2,1-2H3,(H,29,31). The molecule has 0 bridgehead atoms. The van der Waals surface area contributed by atoms with Crippen LogP contribution in [0.4, 0.5) is 5.69 Å². The molecule has 0 aliphatic carbocycles. The molecule has 0 unspecified atom stereocenters. The topological polar surface area (TPSA) is 105 Å². The minimum absolute atomic E-state index is 0.0625. The van der Waals surface area contributed by atoms with E-state index >= 15 is 0 Å². The van der Waals surface area contributed by atoms with Gasteiger partial charge >= 0.3 is 0 Å². The molecule has 0 aliphatic rings. The number of rotatable bonds is 7. The Kier molecular flexibility index (Phi) is 6.54. The third kappa shape index (κ3) is 5.03. The summed E-state index contributed by atoms with van der Waals surface area (Å²) < 4.78 is 27.6. The van der Waals surface area contributed by atoms with Gasteiger partial charge in [-0.3, -0.25) is 14.6 Å². The van der Waals surface area contributed by atoms with Crippen LogP contribution in [0.15, 0.2) is 83.9 Å². The van der Waals surface area contributed by atoms with Crippen molar-refractivity contribution >= 4 is 38.3 Å². The molecule has 0 saturated carbocycles. The summed E-state index contributed by atoms with van der Waals surface area (Å²) in [5.41, 5.74) is 4.12. The number of nitrogens with one attached hydrogen (secondary N) is 2. The molecule has 0 fully saturated rings. The Morgan fingerprint density at radius 1 is 0.882 bits per heavy atom. The molecule has 2 N–H and O–H groups in total. The molecule has 34 heavy (non-hydrogen) atoms. The van der Waals surface area contributed by atoms with Gasteiger partial charge in [0.25, 0.3) is 5.91 Å². The number of nitrogens with zero attached hydrogens (tertiary/aromatic N) is 1. The molecule has 4 rings (SSSR count). The Morgan fingerprint density at radius 2 is 1.56 bits per heavy atom. The number of benzene rings is 3. The van der Waals surface area contributed by atoms with Crippen LogP contribution in [0.5, 0.6) is 0 Å². The van der Waals surface area contributed by atoms with E-state index in [1.54, 1.807) is 30.5 Å². The average molecular weight is 474 g/mol. The van der Waals surface area contributed by atoms with Crippen molar-refractivity contribution < 1.29 is 18.0 Å². The van der Waals surface area contributed by atoms with Crippen molar-refractivity contribution in [2.45, 2.75) is 25.3 Å². The van der Waals surface area contributed by atoms with Crippen LogP contribution in [-0.2, 0) is 16.6 Å². The van der Waals surface area contributed by atoms with Crippen molar-refractivity contribution in [3.63, 3.8) is 0 Å².